The van der Waals surface area contributed by atoms with Gasteiger partial charge in [0, 0.05) is 22.7 Å². The Kier molecular flexibility index (Phi) is 4.61. The van der Waals surface area contributed by atoms with E-state index in [1.165, 1.54) is 6.07 Å². The maximum Gasteiger partial charge on any atom is 0.339 e. The summed E-state index contributed by atoms with van der Waals surface area (Å²) in [4.78, 5) is 38.5. The summed E-state index contributed by atoms with van der Waals surface area (Å²) in [6, 6.07) is 15.4. The Morgan fingerprint density at radius 1 is 1.08 bits per heavy atom. The zero-order valence-corrected chi connectivity index (χ0v) is 13.5. The van der Waals surface area contributed by atoms with Crippen molar-refractivity contribution in [1.29, 1.82) is 0 Å². The first-order chi connectivity index (χ1) is 12.0. The fourth-order valence-electron chi connectivity index (χ4n) is 2.50. The third kappa shape index (κ3) is 3.92. The van der Waals surface area contributed by atoms with Crippen LogP contribution in [0.4, 0.5) is 5.69 Å². The minimum Gasteiger partial charge on any atom is -0.452 e. The normalized spacial score (nSPS) is 10.4. The molecule has 0 aliphatic rings. The average Bonchev–Trinajstić information content (AvgIpc) is 2.59. The van der Waals surface area contributed by atoms with Gasteiger partial charge in [0.05, 0.1) is 5.56 Å². The first-order valence-electron chi connectivity index (χ1n) is 7.68. The van der Waals surface area contributed by atoms with Gasteiger partial charge in [-0.2, -0.15) is 0 Å². The number of para-hydroxylation sites is 1. The first-order valence-corrected chi connectivity index (χ1v) is 7.68. The second-order valence-electron chi connectivity index (χ2n) is 5.59. The molecule has 3 rings (SSSR count). The zero-order valence-electron chi connectivity index (χ0n) is 13.5. The number of nitrogens with one attached hydrogen (secondary N) is 2. The van der Waals surface area contributed by atoms with Gasteiger partial charge in [0.2, 0.25) is 5.56 Å². The number of fused-ring (bicyclic) bond motifs is 1. The number of pyridine rings is 1. The second-order valence-corrected chi connectivity index (χ2v) is 5.59. The van der Waals surface area contributed by atoms with Crippen LogP contribution in [0.2, 0.25) is 0 Å². The van der Waals surface area contributed by atoms with E-state index in [9.17, 15) is 14.4 Å². The number of rotatable bonds is 4. The van der Waals surface area contributed by atoms with Gasteiger partial charge in [-0.1, -0.05) is 30.3 Å². The Bertz CT molecular complexity index is 1010. The molecule has 1 heterocycles. The lowest BCUT2D eigenvalue weighted by Gasteiger charge is -2.08. The Balaban J connectivity index is 1.71. The molecule has 0 fully saturated rings. The molecule has 3 aromatic rings. The van der Waals surface area contributed by atoms with Gasteiger partial charge >= 0.3 is 5.97 Å². The highest BCUT2D eigenvalue weighted by Crippen LogP contribution is 2.15. The van der Waals surface area contributed by atoms with E-state index in [1.54, 1.807) is 30.3 Å². The lowest BCUT2D eigenvalue weighted by Crippen LogP contribution is -2.22. The van der Waals surface area contributed by atoms with Crippen LogP contribution in [0.15, 0.2) is 59.4 Å². The molecule has 1 amide bonds. The number of esters is 1. The first kappa shape index (κ1) is 16.4. The van der Waals surface area contributed by atoms with Crippen LogP contribution in [0.3, 0.4) is 0 Å². The van der Waals surface area contributed by atoms with Crippen LogP contribution in [-0.2, 0) is 9.53 Å². The van der Waals surface area contributed by atoms with Crippen LogP contribution in [-0.4, -0.2) is 23.5 Å². The summed E-state index contributed by atoms with van der Waals surface area (Å²) in [6.07, 6.45) is 0. The molecule has 0 saturated heterocycles. The van der Waals surface area contributed by atoms with Crippen molar-refractivity contribution in [3.05, 3.63) is 76.1 Å². The SMILES string of the molecule is Cc1cccc(NC(=O)COC(=O)c2cc(=O)[nH]c3ccccc23)c1. The number of H-pyrrole nitrogens is 1. The number of hydrogen-bond donors (Lipinski definition) is 2. The summed E-state index contributed by atoms with van der Waals surface area (Å²) in [5.74, 6) is -1.17. The number of aromatic amines is 1. The number of amides is 1. The van der Waals surface area contributed by atoms with Crippen LogP contribution < -0.4 is 10.9 Å². The van der Waals surface area contributed by atoms with Gasteiger partial charge in [-0.15, -0.1) is 0 Å². The summed E-state index contributed by atoms with van der Waals surface area (Å²) in [7, 11) is 0. The van der Waals surface area contributed by atoms with E-state index in [-0.39, 0.29) is 5.56 Å². The van der Waals surface area contributed by atoms with Gasteiger partial charge in [0.1, 0.15) is 0 Å². The molecule has 0 saturated carbocycles. The fourth-order valence-corrected chi connectivity index (χ4v) is 2.50. The van der Waals surface area contributed by atoms with Crippen molar-refractivity contribution in [2.45, 2.75) is 6.92 Å². The molecule has 6 heteroatoms. The van der Waals surface area contributed by atoms with Gasteiger partial charge in [-0.3, -0.25) is 9.59 Å². The highest BCUT2D eigenvalue weighted by molar-refractivity contribution is 6.04. The highest BCUT2D eigenvalue weighted by atomic mass is 16.5. The maximum atomic E-state index is 12.3. The summed E-state index contributed by atoms with van der Waals surface area (Å²) < 4.78 is 5.05. The van der Waals surface area contributed by atoms with Crippen molar-refractivity contribution >= 4 is 28.5 Å². The highest BCUT2D eigenvalue weighted by Gasteiger charge is 2.14. The quantitative estimate of drug-likeness (QED) is 0.717. The summed E-state index contributed by atoms with van der Waals surface area (Å²) in [5, 5.41) is 3.22. The largest absolute Gasteiger partial charge is 0.452 e. The van der Waals surface area contributed by atoms with Crippen LogP contribution in [0.25, 0.3) is 10.9 Å². The molecule has 0 atom stereocenters. The standard InChI is InChI=1S/C19H16N2O4/c1-12-5-4-6-13(9-12)20-18(23)11-25-19(24)15-10-17(22)21-16-8-3-2-7-14(15)16/h2-10H,11H2,1H3,(H,20,23)(H,21,22). The molecule has 0 unspecified atom stereocenters. The van der Waals surface area contributed by atoms with Gasteiger partial charge < -0.3 is 15.0 Å². The summed E-state index contributed by atoms with van der Waals surface area (Å²) >= 11 is 0. The molecular formula is C19H16N2O4. The fraction of sp³-hybridized carbons (Fsp3) is 0.105. The minimum atomic E-state index is -0.721. The molecule has 0 bridgehead atoms. The summed E-state index contributed by atoms with van der Waals surface area (Å²) in [5.41, 5.74) is 1.89. The lowest BCUT2D eigenvalue weighted by molar-refractivity contribution is -0.119. The average molecular weight is 336 g/mol. The molecule has 126 valence electrons. The van der Waals surface area contributed by atoms with Gasteiger partial charge in [0.15, 0.2) is 6.61 Å². The molecule has 25 heavy (non-hydrogen) atoms. The molecule has 0 aliphatic heterocycles. The third-order valence-electron chi connectivity index (χ3n) is 3.61. The number of carbonyl (C=O) groups is 2. The van der Waals surface area contributed by atoms with Crippen molar-refractivity contribution in [3.8, 4) is 0 Å². The number of aromatic nitrogens is 1. The zero-order chi connectivity index (χ0) is 17.8. The minimum absolute atomic E-state index is 0.128. The number of carbonyl (C=O) groups excluding carboxylic acids is 2. The van der Waals surface area contributed by atoms with Crippen LogP contribution in [0, 0.1) is 6.92 Å². The number of benzene rings is 2. The molecule has 0 spiro atoms. The monoisotopic (exact) mass is 336 g/mol. The Hall–Kier alpha value is -3.41. The van der Waals surface area contributed by atoms with E-state index in [4.69, 9.17) is 4.74 Å². The maximum absolute atomic E-state index is 12.3. The molecule has 0 radical (unpaired) electrons. The van der Waals surface area contributed by atoms with Crippen molar-refractivity contribution in [3.63, 3.8) is 0 Å². The number of aryl methyl sites for hydroxylation is 1. The molecular weight excluding hydrogens is 320 g/mol. The smallest absolute Gasteiger partial charge is 0.339 e. The van der Waals surface area contributed by atoms with Crippen molar-refractivity contribution in [2.24, 2.45) is 0 Å². The summed E-state index contributed by atoms with van der Waals surface area (Å²) in [6.45, 7) is 1.47. The number of ether oxygens (including phenoxy) is 1. The number of anilines is 1. The second kappa shape index (κ2) is 7.00. The molecule has 2 aromatic carbocycles. The Morgan fingerprint density at radius 3 is 2.68 bits per heavy atom. The van der Waals surface area contributed by atoms with E-state index < -0.39 is 24.0 Å². The molecule has 6 nitrogen and oxygen atoms in total. The molecule has 1 aromatic heterocycles. The predicted octanol–water partition coefficient (Wildman–Crippen LogP) is 2.63. The number of hydrogen-bond acceptors (Lipinski definition) is 4. The van der Waals surface area contributed by atoms with Gasteiger partial charge in [-0.25, -0.2) is 4.79 Å². The van der Waals surface area contributed by atoms with E-state index in [2.05, 4.69) is 10.3 Å². The third-order valence-corrected chi connectivity index (χ3v) is 3.61. The van der Waals surface area contributed by atoms with Crippen LogP contribution in [0.5, 0.6) is 0 Å². The lowest BCUT2D eigenvalue weighted by atomic mass is 10.1. The van der Waals surface area contributed by atoms with Crippen molar-refractivity contribution in [1.82, 2.24) is 4.98 Å². The van der Waals surface area contributed by atoms with E-state index in [1.807, 2.05) is 25.1 Å². The van der Waals surface area contributed by atoms with Crippen LogP contribution in [0.1, 0.15) is 15.9 Å². The van der Waals surface area contributed by atoms with E-state index in [0.29, 0.717) is 16.6 Å². The molecule has 2 N–H and O–H groups in total. The topological polar surface area (TPSA) is 88.3 Å². The van der Waals surface area contributed by atoms with Crippen LogP contribution >= 0.6 is 0 Å². The van der Waals surface area contributed by atoms with Crippen molar-refractivity contribution < 1.29 is 14.3 Å². The van der Waals surface area contributed by atoms with Gasteiger partial charge in [-0.05, 0) is 30.7 Å². The van der Waals surface area contributed by atoms with E-state index >= 15 is 0 Å². The van der Waals surface area contributed by atoms with Crippen molar-refractivity contribution in [2.75, 3.05) is 11.9 Å². The molecule has 0 aliphatic carbocycles. The van der Waals surface area contributed by atoms with E-state index in [0.717, 1.165) is 5.56 Å². The van der Waals surface area contributed by atoms with Gasteiger partial charge in [0.25, 0.3) is 5.91 Å². The predicted molar refractivity (Wildman–Crippen MR) is 94.7 cm³/mol. The Labute approximate surface area is 143 Å². The Morgan fingerprint density at radius 2 is 1.88 bits per heavy atom.